The molecule has 19 heavy (non-hydrogen) atoms. The molecule has 0 aliphatic heterocycles. The number of carboxylic acids is 2. The first-order chi connectivity index (χ1) is 8.93. The smallest absolute Gasteiger partial charge is 0.335 e. The first-order valence-electron chi connectivity index (χ1n) is 5.40. The first-order valence-corrected chi connectivity index (χ1v) is 5.40. The van der Waals surface area contributed by atoms with E-state index in [1.165, 1.54) is 18.2 Å². The number of aromatic carboxylic acids is 2. The second kappa shape index (κ2) is 6.34. The van der Waals surface area contributed by atoms with E-state index in [-0.39, 0.29) is 17.7 Å². The van der Waals surface area contributed by atoms with Gasteiger partial charge in [-0.2, -0.15) is 0 Å². The molecule has 6 nitrogen and oxygen atoms in total. The number of benzene rings is 1. The molecule has 0 heterocycles. The topological polar surface area (TPSA) is 101 Å². The largest absolute Gasteiger partial charge is 0.478 e. The Morgan fingerprint density at radius 2 is 1.63 bits per heavy atom. The summed E-state index contributed by atoms with van der Waals surface area (Å²) in [6.07, 6.45) is 2.41. The Morgan fingerprint density at radius 1 is 1.11 bits per heavy atom. The van der Waals surface area contributed by atoms with Crippen LogP contribution in [0.2, 0.25) is 0 Å². The third-order valence-electron chi connectivity index (χ3n) is 2.15. The summed E-state index contributed by atoms with van der Waals surface area (Å²) in [4.78, 5) is 32.8. The quantitative estimate of drug-likeness (QED) is 0.619. The molecule has 6 heteroatoms. The van der Waals surface area contributed by atoms with Crippen molar-refractivity contribution in [2.75, 3.05) is 6.61 Å². The van der Waals surface area contributed by atoms with Gasteiger partial charge in [-0.05, 0) is 36.8 Å². The molecule has 0 saturated carbocycles. The van der Waals surface area contributed by atoms with Crippen molar-refractivity contribution in [3.8, 4) is 0 Å². The third kappa shape index (κ3) is 4.27. The van der Waals surface area contributed by atoms with Gasteiger partial charge in [0.25, 0.3) is 0 Å². The number of esters is 1. The Hall–Kier alpha value is -2.63. The van der Waals surface area contributed by atoms with Crippen LogP contribution in [0, 0.1) is 0 Å². The highest BCUT2D eigenvalue weighted by molar-refractivity contribution is 5.95. The highest BCUT2D eigenvalue weighted by atomic mass is 16.5. The molecule has 2 N–H and O–H groups in total. The molecular formula is C13H12O6. The molecule has 0 amide bonds. The fraction of sp³-hybridized carbons (Fsp3) is 0.154. The van der Waals surface area contributed by atoms with Crippen molar-refractivity contribution in [1.29, 1.82) is 0 Å². The zero-order valence-electron chi connectivity index (χ0n) is 10.1. The van der Waals surface area contributed by atoms with Gasteiger partial charge in [0.05, 0.1) is 17.7 Å². The summed E-state index contributed by atoms with van der Waals surface area (Å²) in [5.74, 6) is -3.07. The molecule has 0 unspecified atom stereocenters. The van der Waals surface area contributed by atoms with Crippen molar-refractivity contribution in [3.05, 3.63) is 41.0 Å². The van der Waals surface area contributed by atoms with E-state index in [1.54, 1.807) is 6.92 Å². The zero-order chi connectivity index (χ0) is 14.4. The van der Waals surface area contributed by atoms with Crippen LogP contribution in [0.25, 0.3) is 6.08 Å². The van der Waals surface area contributed by atoms with E-state index in [0.29, 0.717) is 5.56 Å². The lowest BCUT2D eigenvalue weighted by molar-refractivity contribution is -0.137. The van der Waals surface area contributed by atoms with Gasteiger partial charge in [0.2, 0.25) is 0 Å². The van der Waals surface area contributed by atoms with Crippen LogP contribution in [0.15, 0.2) is 24.3 Å². The summed E-state index contributed by atoms with van der Waals surface area (Å²) >= 11 is 0. The second-order valence-corrected chi connectivity index (χ2v) is 3.54. The van der Waals surface area contributed by atoms with Gasteiger partial charge in [0, 0.05) is 6.08 Å². The molecule has 1 aromatic rings. The van der Waals surface area contributed by atoms with Gasteiger partial charge in [0.1, 0.15) is 0 Å². The van der Waals surface area contributed by atoms with Crippen molar-refractivity contribution < 1.29 is 29.3 Å². The average Bonchev–Trinajstić information content (AvgIpc) is 2.36. The van der Waals surface area contributed by atoms with Crippen LogP contribution in [0.3, 0.4) is 0 Å². The van der Waals surface area contributed by atoms with Crippen molar-refractivity contribution in [2.45, 2.75) is 6.92 Å². The summed E-state index contributed by atoms with van der Waals surface area (Å²) in [6.45, 7) is 1.87. The molecule has 0 atom stereocenters. The maximum absolute atomic E-state index is 11.1. The maximum atomic E-state index is 11.1. The Morgan fingerprint density at radius 3 is 2.05 bits per heavy atom. The molecule has 0 fully saturated rings. The number of hydrogen-bond acceptors (Lipinski definition) is 4. The predicted octanol–water partition coefficient (Wildman–Crippen LogP) is 1.66. The second-order valence-electron chi connectivity index (χ2n) is 3.54. The Bertz CT molecular complexity index is 512. The summed E-state index contributed by atoms with van der Waals surface area (Å²) in [7, 11) is 0. The lowest BCUT2D eigenvalue weighted by Gasteiger charge is -2.01. The molecule has 0 aliphatic carbocycles. The number of rotatable bonds is 5. The van der Waals surface area contributed by atoms with Crippen molar-refractivity contribution in [2.24, 2.45) is 0 Å². The van der Waals surface area contributed by atoms with Gasteiger partial charge in [-0.15, -0.1) is 0 Å². The molecule has 1 aromatic carbocycles. The van der Waals surface area contributed by atoms with E-state index >= 15 is 0 Å². The molecule has 0 saturated heterocycles. The minimum absolute atomic E-state index is 0.164. The average molecular weight is 264 g/mol. The van der Waals surface area contributed by atoms with Crippen LogP contribution in [-0.2, 0) is 9.53 Å². The Labute approximate surface area is 108 Å². The van der Waals surface area contributed by atoms with E-state index in [9.17, 15) is 14.4 Å². The van der Waals surface area contributed by atoms with E-state index in [2.05, 4.69) is 4.74 Å². The molecule has 0 spiro atoms. The van der Waals surface area contributed by atoms with Crippen molar-refractivity contribution in [1.82, 2.24) is 0 Å². The number of carboxylic acid groups (broad SMARTS) is 2. The lowest BCUT2D eigenvalue weighted by atomic mass is 10.1. The summed E-state index contributed by atoms with van der Waals surface area (Å²) < 4.78 is 4.66. The molecule has 0 aliphatic rings. The number of carbonyl (C=O) groups excluding carboxylic acids is 1. The monoisotopic (exact) mass is 264 g/mol. The normalized spacial score (nSPS) is 10.4. The summed E-state index contributed by atoms with van der Waals surface area (Å²) in [6, 6.07) is 3.58. The Balaban J connectivity index is 3.10. The van der Waals surface area contributed by atoms with Crippen LogP contribution < -0.4 is 0 Å². The van der Waals surface area contributed by atoms with Crippen molar-refractivity contribution in [3.63, 3.8) is 0 Å². The minimum Gasteiger partial charge on any atom is -0.478 e. The van der Waals surface area contributed by atoms with Crippen LogP contribution in [0.4, 0.5) is 0 Å². The standard InChI is InChI=1S/C13H12O6/c1-2-19-11(14)4-3-8-5-9(12(15)16)7-10(6-8)13(17)18/h3-7H,2H2,1H3,(H,15,16)(H,17,18). The SMILES string of the molecule is CCOC(=O)C=Cc1cc(C(=O)O)cc(C(=O)O)c1. The fourth-order valence-electron chi connectivity index (χ4n) is 1.35. The van der Waals surface area contributed by atoms with Crippen LogP contribution in [0.5, 0.6) is 0 Å². The molecule has 0 aromatic heterocycles. The van der Waals surface area contributed by atoms with Gasteiger partial charge in [-0.1, -0.05) is 0 Å². The van der Waals surface area contributed by atoms with Gasteiger partial charge in [-0.3, -0.25) is 0 Å². The van der Waals surface area contributed by atoms with Gasteiger partial charge >= 0.3 is 17.9 Å². The van der Waals surface area contributed by atoms with Crippen LogP contribution >= 0.6 is 0 Å². The van der Waals surface area contributed by atoms with Gasteiger partial charge in [-0.25, -0.2) is 14.4 Å². The first kappa shape index (κ1) is 14.4. The zero-order valence-corrected chi connectivity index (χ0v) is 10.1. The summed E-state index contributed by atoms with van der Waals surface area (Å²) in [5.41, 5.74) is -0.0304. The molecule has 0 radical (unpaired) electrons. The van der Waals surface area contributed by atoms with Gasteiger partial charge < -0.3 is 14.9 Å². The van der Waals surface area contributed by atoms with Gasteiger partial charge in [0.15, 0.2) is 0 Å². The number of ether oxygens (including phenoxy) is 1. The van der Waals surface area contributed by atoms with E-state index < -0.39 is 17.9 Å². The maximum Gasteiger partial charge on any atom is 0.335 e. The highest BCUT2D eigenvalue weighted by Crippen LogP contribution is 2.12. The predicted molar refractivity (Wildman–Crippen MR) is 66.0 cm³/mol. The fourth-order valence-corrected chi connectivity index (χ4v) is 1.35. The minimum atomic E-state index is -1.24. The molecule has 0 bridgehead atoms. The Kier molecular flexibility index (Phi) is 4.82. The van der Waals surface area contributed by atoms with E-state index in [0.717, 1.165) is 12.1 Å². The molecule has 100 valence electrons. The van der Waals surface area contributed by atoms with E-state index in [1.807, 2.05) is 0 Å². The number of hydrogen-bond donors (Lipinski definition) is 2. The highest BCUT2D eigenvalue weighted by Gasteiger charge is 2.10. The third-order valence-corrected chi connectivity index (χ3v) is 2.15. The summed E-state index contributed by atoms with van der Waals surface area (Å²) in [5, 5.41) is 17.7. The van der Waals surface area contributed by atoms with E-state index in [4.69, 9.17) is 10.2 Å². The lowest BCUT2D eigenvalue weighted by Crippen LogP contribution is -2.03. The molecule has 1 rings (SSSR count). The van der Waals surface area contributed by atoms with Crippen LogP contribution in [0.1, 0.15) is 33.2 Å². The van der Waals surface area contributed by atoms with Crippen LogP contribution in [-0.4, -0.2) is 34.7 Å². The number of carbonyl (C=O) groups is 3. The molecular weight excluding hydrogens is 252 g/mol. The van der Waals surface area contributed by atoms with Crippen molar-refractivity contribution >= 4 is 24.0 Å².